The lowest BCUT2D eigenvalue weighted by Crippen LogP contribution is -2.34. The van der Waals surface area contributed by atoms with Gasteiger partial charge >= 0.3 is 6.09 Å². The van der Waals surface area contributed by atoms with E-state index >= 15 is 0 Å². The number of nitrogens with one attached hydrogen (secondary N) is 1. The van der Waals surface area contributed by atoms with Gasteiger partial charge in [-0.05, 0) is 13.8 Å². The molecule has 0 saturated carbocycles. The second-order valence-corrected chi connectivity index (χ2v) is 2.60. The highest BCUT2D eigenvalue weighted by Gasteiger charge is 2.31. The molecule has 0 radical (unpaired) electrons. The molecule has 76 valence electrons. The quantitative estimate of drug-likeness (QED) is 0.639. The van der Waals surface area contributed by atoms with Crippen molar-refractivity contribution in [1.29, 1.82) is 0 Å². The highest BCUT2D eigenvalue weighted by molar-refractivity contribution is 5.69. The fourth-order valence-electron chi connectivity index (χ4n) is 1.15. The molecule has 0 aromatic carbocycles. The average molecular weight is 189 g/mol. The third-order valence-corrected chi connectivity index (χ3v) is 1.67. The predicted octanol–water partition coefficient (Wildman–Crippen LogP) is 0.494. The van der Waals surface area contributed by atoms with Gasteiger partial charge in [0.25, 0.3) is 0 Å². The fourth-order valence-corrected chi connectivity index (χ4v) is 1.15. The zero-order chi connectivity index (χ0) is 9.68. The summed E-state index contributed by atoms with van der Waals surface area (Å²) in [5.41, 5.74) is 0. The van der Waals surface area contributed by atoms with Gasteiger partial charge in [-0.1, -0.05) is 0 Å². The summed E-state index contributed by atoms with van der Waals surface area (Å²) in [6.45, 7) is 5.27. The lowest BCUT2D eigenvalue weighted by atomic mass is 10.3. The zero-order valence-electron chi connectivity index (χ0n) is 7.91. The number of rotatable bonds is 5. The second kappa shape index (κ2) is 5.04. The summed E-state index contributed by atoms with van der Waals surface area (Å²) in [7, 11) is 0. The Kier molecular flexibility index (Phi) is 3.98. The minimum atomic E-state index is -0.450. The van der Waals surface area contributed by atoms with E-state index in [1.807, 2.05) is 13.8 Å². The number of hydrogen-bond acceptors (Lipinski definition) is 4. The van der Waals surface area contributed by atoms with Crippen LogP contribution in [-0.4, -0.2) is 38.2 Å². The fraction of sp³-hybridized carbons (Fsp3) is 0.875. The summed E-state index contributed by atoms with van der Waals surface area (Å²) < 4.78 is 15.5. The molecular weight excluding hydrogens is 174 g/mol. The highest BCUT2D eigenvalue weighted by Crippen LogP contribution is 2.10. The van der Waals surface area contributed by atoms with Gasteiger partial charge in [0.15, 0.2) is 12.4 Å². The molecule has 0 aliphatic carbocycles. The van der Waals surface area contributed by atoms with Crippen LogP contribution in [0.2, 0.25) is 0 Å². The zero-order valence-corrected chi connectivity index (χ0v) is 7.91. The average Bonchev–Trinajstić information content (AvgIpc) is 2.51. The van der Waals surface area contributed by atoms with Gasteiger partial charge in [-0.15, -0.1) is 0 Å². The van der Waals surface area contributed by atoms with E-state index in [0.29, 0.717) is 19.8 Å². The van der Waals surface area contributed by atoms with E-state index in [2.05, 4.69) is 5.32 Å². The molecule has 1 unspecified atom stereocenters. The topological polar surface area (TPSA) is 56.8 Å². The van der Waals surface area contributed by atoms with Crippen LogP contribution >= 0.6 is 0 Å². The van der Waals surface area contributed by atoms with E-state index < -0.39 is 12.4 Å². The van der Waals surface area contributed by atoms with E-state index in [9.17, 15) is 4.79 Å². The van der Waals surface area contributed by atoms with Gasteiger partial charge in [0.1, 0.15) is 0 Å². The van der Waals surface area contributed by atoms with Crippen molar-refractivity contribution in [3.63, 3.8) is 0 Å². The molecule has 0 bridgehead atoms. The molecule has 0 spiro atoms. The maximum Gasteiger partial charge on any atom is 0.407 e. The van der Waals surface area contributed by atoms with Crippen molar-refractivity contribution < 1.29 is 19.0 Å². The SMILES string of the molecule is CCOC(OCC)C1CNC(=O)O1. The Balaban J connectivity index is 2.39. The number of alkyl carbamates (subject to hydrolysis) is 1. The lowest BCUT2D eigenvalue weighted by molar-refractivity contribution is -0.180. The van der Waals surface area contributed by atoms with E-state index in [-0.39, 0.29) is 6.10 Å². The number of ether oxygens (including phenoxy) is 3. The normalized spacial score (nSPS) is 21.8. The smallest absolute Gasteiger partial charge is 0.407 e. The molecule has 1 fully saturated rings. The van der Waals surface area contributed by atoms with Crippen LogP contribution in [0, 0.1) is 0 Å². The lowest BCUT2D eigenvalue weighted by Gasteiger charge is -2.20. The summed E-state index contributed by atoms with van der Waals surface area (Å²) in [5.74, 6) is 0. The molecule has 1 aliphatic rings. The number of carbonyl (C=O) groups excluding carboxylic acids is 1. The van der Waals surface area contributed by atoms with Crippen molar-refractivity contribution >= 4 is 6.09 Å². The Morgan fingerprint density at radius 2 is 2.15 bits per heavy atom. The molecular formula is C8H15NO4. The Morgan fingerprint density at radius 3 is 2.54 bits per heavy atom. The first-order chi connectivity index (χ1) is 6.27. The van der Waals surface area contributed by atoms with Crippen LogP contribution in [0.4, 0.5) is 4.79 Å². The van der Waals surface area contributed by atoms with Crippen LogP contribution in [-0.2, 0) is 14.2 Å². The van der Waals surface area contributed by atoms with Gasteiger partial charge < -0.3 is 19.5 Å². The number of carbonyl (C=O) groups is 1. The number of hydrogen-bond donors (Lipinski definition) is 1. The van der Waals surface area contributed by atoms with Gasteiger partial charge in [-0.3, -0.25) is 0 Å². The van der Waals surface area contributed by atoms with Crippen LogP contribution in [0.5, 0.6) is 0 Å². The van der Waals surface area contributed by atoms with Crippen LogP contribution in [0.1, 0.15) is 13.8 Å². The number of cyclic esters (lactones) is 1. The minimum Gasteiger partial charge on any atom is -0.439 e. The summed E-state index contributed by atoms with van der Waals surface area (Å²) in [6.07, 6.45) is -1.18. The molecule has 13 heavy (non-hydrogen) atoms. The summed E-state index contributed by atoms with van der Waals surface area (Å²) in [4.78, 5) is 10.7. The first-order valence-electron chi connectivity index (χ1n) is 4.45. The largest absolute Gasteiger partial charge is 0.439 e. The second-order valence-electron chi connectivity index (χ2n) is 2.60. The Bertz CT molecular complexity index is 168. The molecule has 1 amide bonds. The molecule has 1 rings (SSSR count). The van der Waals surface area contributed by atoms with Crippen molar-refractivity contribution in [2.75, 3.05) is 19.8 Å². The molecule has 1 aliphatic heterocycles. The standard InChI is InChI=1S/C8H15NO4/c1-3-11-7(12-4-2)6-5-9-8(10)13-6/h6-7H,3-5H2,1-2H3,(H,9,10). The monoisotopic (exact) mass is 189 g/mol. The van der Waals surface area contributed by atoms with Crippen LogP contribution in [0.25, 0.3) is 0 Å². The maximum atomic E-state index is 10.7. The maximum absolute atomic E-state index is 10.7. The van der Waals surface area contributed by atoms with E-state index in [0.717, 1.165) is 0 Å². The van der Waals surface area contributed by atoms with Crippen molar-refractivity contribution in [2.45, 2.75) is 26.2 Å². The molecule has 1 saturated heterocycles. The predicted molar refractivity (Wildman–Crippen MR) is 45.3 cm³/mol. The summed E-state index contributed by atoms with van der Waals surface area (Å²) in [5, 5.41) is 2.55. The van der Waals surface area contributed by atoms with E-state index in [1.165, 1.54) is 0 Å². The molecule has 0 aromatic heterocycles. The van der Waals surface area contributed by atoms with Crippen molar-refractivity contribution in [3.8, 4) is 0 Å². The Hall–Kier alpha value is -0.810. The molecule has 5 nitrogen and oxygen atoms in total. The minimum absolute atomic E-state index is 0.326. The summed E-state index contributed by atoms with van der Waals surface area (Å²) in [6, 6.07) is 0. The van der Waals surface area contributed by atoms with Gasteiger partial charge in [0.2, 0.25) is 0 Å². The first kappa shape index (κ1) is 10.3. The van der Waals surface area contributed by atoms with Crippen LogP contribution in [0.15, 0.2) is 0 Å². The summed E-state index contributed by atoms with van der Waals surface area (Å²) >= 11 is 0. The Morgan fingerprint density at radius 1 is 1.54 bits per heavy atom. The first-order valence-corrected chi connectivity index (χ1v) is 4.45. The van der Waals surface area contributed by atoms with E-state index in [4.69, 9.17) is 14.2 Å². The molecule has 5 heteroatoms. The molecule has 0 aromatic rings. The highest BCUT2D eigenvalue weighted by atomic mass is 16.7. The van der Waals surface area contributed by atoms with Gasteiger partial charge in [-0.2, -0.15) is 0 Å². The van der Waals surface area contributed by atoms with Gasteiger partial charge in [0, 0.05) is 13.2 Å². The molecule has 1 atom stereocenters. The van der Waals surface area contributed by atoms with Gasteiger partial charge in [0.05, 0.1) is 6.54 Å². The third kappa shape index (κ3) is 2.86. The Labute approximate surface area is 77.3 Å². The van der Waals surface area contributed by atoms with Crippen molar-refractivity contribution in [2.24, 2.45) is 0 Å². The van der Waals surface area contributed by atoms with Crippen molar-refractivity contribution in [3.05, 3.63) is 0 Å². The number of amides is 1. The van der Waals surface area contributed by atoms with Crippen LogP contribution in [0.3, 0.4) is 0 Å². The molecule has 1 heterocycles. The third-order valence-electron chi connectivity index (χ3n) is 1.67. The molecule has 1 N–H and O–H groups in total. The van der Waals surface area contributed by atoms with E-state index in [1.54, 1.807) is 0 Å². The van der Waals surface area contributed by atoms with Crippen LogP contribution < -0.4 is 5.32 Å². The van der Waals surface area contributed by atoms with Crippen molar-refractivity contribution in [1.82, 2.24) is 5.32 Å². The van der Waals surface area contributed by atoms with Gasteiger partial charge in [-0.25, -0.2) is 4.79 Å².